The summed E-state index contributed by atoms with van der Waals surface area (Å²) in [6.07, 6.45) is 0.882. The summed E-state index contributed by atoms with van der Waals surface area (Å²) in [6.45, 7) is 7.88. The molecular formula is C11H17ClN2O. The van der Waals surface area contributed by atoms with Crippen LogP contribution in [0.5, 0.6) is 0 Å². The Hall–Kier alpha value is -0.540. The lowest BCUT2D eigenvalue weighted by molar-refractivity contribution is 0.110. The van der Waals surface area contributed by atoms with Gasteiger partial charge in [-0.25, -0.2) is 0 Å². The van der Waals surface area contributed by atoms with Gasteiger partial charge in [0.15, 0.2) is 0 Å². The molecule has 0 saturated carbocycles. The molecule has 84 valence electrons. The molecule has 1 aliphatic rings. The molecule has 1 aliphatic heterocycles. The molecule has 0 saturated heterocycles. The van der Waals surface area contributed by atoms with Gasteiger partial charge in [-0.05, 0) is 12.8 Å². The van der Waals surface area contributed by atoms with E-state index in [0.29, 0.717) is 18.6 Å². The molecule has 1 unspecified atom stereocenters. The highest BCUT2D eigenvalue weighted by Crippen LogP contribution is 2.29. The van der Waals surface area contributed by atoms with Crippen LogP contribution in [0.1, 0.15) is 38.1 Å². The second-order valence-corrected chi connectivity index (χ2v) is 4.81. The Morgan fingerprint density at radius 1 is 1.40 bits per heavy atom. The van der Waals surface area contributed by atoms with E-state index in [0.717, 1.165) is 29.4 Å². The predicted octanol–water partition coefficient (Wildman–Crippen LogP) is 2.83. The maximum Gasteiger partial charge on any atom is 0.133 e. The van der Waals surface area contributed by atoms with Crippen LogP contribution in [0.25, 0.3) is 0 Å². The minimum Gasteiger partial charge on any atom is -0.376 e. The minimum atomic E-state index is 0.336. The Balaban J connectivity index is 2.37. The smallest absolute Gasteiger partial charge is 0.133 e. The molecule has 1 aromatic rings. The Morgan fingerprint density at radius 3 is 2.73 bits per heavy atom. The Bertz CT molecular complexity index is 360. The summed E-state index contributed by atoms with van der Waals surface area (Å²) in [6, 6.07) is 0.336. The molecule has 0 bridgehead atoms. The van der Waals surface area contributed by atoms with Crippen molar-refractivity contribution in [1.29, 1.82) is 0 Å². The van der Waals surface area contributed by atoms with Gasteiger partial charge in [-0.2, -0.15) is 5.10 Å². The zero-order chi connectivity index (χ0) is 11.0. The molecule has 4 heteroatoms. The van der Waals surface area contributed by atoms with E-state index in [9.17, 15) is 0 Å². The van der Waals surface area contributed by atoms with Gasteiger partial charge in [-0.3, -0.25) is 4.68 Å². The summed E-state index contributed by atoms with van der Waals surface area (Å²) in [5.41, 5.74) is 2.19. The van der Waals surface area contributed by atoms with Crippen LogP contribution in [-0.2, 0) is 17.8 Å². The molecule has 0 fully saturated rings. The van der Waals surface area contributed by atoms with E-state index in [1.54, 1.807) is 0 Å². The number of hydrogen-bond acceptors (Lipinski definition) is 2. The van der Waals surface area contributed by atoms with Gasteiger partial charge >= 0.3 is 0 Å². The number of halogens is 1. The van der Waals surface area contributed by atoms with Crippen molar-refractivity contribution in [1.82, 2.24) is 9.78 Å². The number of fused-ring (bicyclic) bond motifs is 1. The highest BCUT2D eigenvalue weighted by Gasteiger charge is 2.23. The zero-order valence-corrected chi connectivity index (χ0v) is 10.2. The maximum absolute atomic E-state index is 6.30. The fourth-order valence-corrected chi connectivity index (χ4v) is 2.09. The minimum absolute atomic E-state index is 0.336. The van der Waals surface area contributed by atoms with E-state index < -0.39 is 0 Å². The van der Waals surface area contributed by atoms with Crippen molar-refractivity contribution in [3.63, 3.8) is 0 Å². The average molecular weight is 229 g/mol. The summed E-state index contributed by atoms with van der Waals surface area (Å²) in [4.78, 5) is 0. The van der Waals surface area contributed by atoms with E-state index in [2.05, 4.69) is 25.9 Å². The molecule has 1 aromatic heterocycles. The van der Waals surface area contributed by atoms with Crippen molar-refractivity contribution in [3.05, 3.63) is 16.4 Å². The predicted molar refractivity (Wildman–Crippen MR) is 60.1 cm³/mol. The Kier molecular flexibility index (Phi) is 3.03. The topological polar surface area (TPSA) is 27.1 Å². The van der Waals surface area contributed by atoms with Crippen molar-refractivity contribution in [2.45, 2.75) is 39.8 Å². The molecule has 0 spiro atoms. The molecule has 15 heavy (non-hydrogen) atoms. The normalized spacial score (nSPS) is 17.9. The summed E-state index contributed by atoms with van der Waals surface area (Å²) in [5, 5.41) is 5.33. The van der Waals surface area contributed by atoms with Gasteiger partial charge in [0.25, 0.3) is 0 Å². The first-order valence-corrected chi connectivity index (χ1v) is 5.82. The first kappa shape index (κ1) is 11.0. The molecule has 0 N–H and O–H groups in total. The molecule has 2 heterocycles. The summed E-state index contributed by atoms with van der Waals surface area (Å²) in [7, 11) is 0. The lowest BCUT2D eigenvalue weighted by Gasteiger charge is -2.17. The largest absolute Gasteiger partial charge is 0.376 e. The number of aromatic nitrogens is 2. The Labute approximate surface area is 95.4 Å². The van der Waals surface area contributed by atoms with Gasteiger partial charge < -0.3 is 4.74 Å². The van der Waals surface area contributed by atoms with Crippen LogP contribution in [0, 0.1) is 5.92 Å². The lowest BCUT2D eigenvalue weighted by atomic mass is 10.1. The van der Waals surface area contributed by atoms with Crippen LogP contribution in [0.4, 0.5) is 0 Å². The molecule has 1 atom stereocenters. The number of rotatable bonds is 2. The summed E-state index contributed by atoms with van der Waals surface area (Å²) >= 11 is 6.30. The summed E-state index contributed by atoms with van der Waals surface area (Å²) < 4.78 is 7.33. The van der Waals surface area contributed by atoms with E-state index in [1.807, 2.05) is 4.68 Å². The lowest BCUT2D eigenvalue weighted by Crippen LogP contribution is -2.13. The van der Waals surface area contributed by atoms with Gasteiger partial charge in [0.05, 0.1) is 24.9 Å². The molecule has 0 aliphatic carbocycles. The second kappa shape index (κ2) is 4.14. The van der Waals surface area contributed by atoms with Gasteiger partial charge in [0, 0.05) is 12.0 Å². The first-order valence-electron chi connectivity index (χ1n) is 5.44. The molecule has 0 radical (unpaired) electrons. The van der Waals surface area contributed by atoms with Crippen LogP contribution < -0.4 is 0 Å². The van der Waals surface area contributed by atoms with Crippen molar-refractivity contribution in [3.8, 4) is 0 Å². The average Bonchev–Trinajstić information content (AvgIpc) is 2.56. The third kappa shape index (κ3) is 1.91. The standard InChI is InChI=1S/C11H17ClN2O/c1-7(2)8(3)14-11(12)9-6-15-5-4-10(9)13-14/h7-8H,4-6H2,1-3H3. The van der Waals surface area contributed by atoms with Crippen LogP contribution in [0.3, 0.4) is 0 Å². The van der Waals surface area contributed by atoms with Gasteiger partial charge in [-0.1, -0.05) is 25.4 Å². The zero-order valence-electron chi connectivity index (χ0n) is 9.46. The first-order chi connectivity index (χ1) is 7.11. The SMILES string of the molecule is CC(C)C(C)n1nc2c(c1Cl)COCC2. The third-order valence-corrected chi connectivity index (χ3v) is 3.51. The van der Waals surface area contributed by atoms with Crippen LogP contribution in [0.2, 0.25) is 5.15 Å². The van der Waals surface area contributed by atoms with Crippen molar-refractivity contribution < 1.29 is 4.74 Å². The fourth-order valence-electron chi connectivity index (χ4n) is 1.73. The monoisotopic (exact) mass is 228 g/mol. The second-order valence-electron chi connectivity index (χ2n) is 4.45. The van der Waals surface area contributed by atoms with E-state index >= 15 is 0 Å². The fraction of sp³-hybridized carbons (Fsp3) is 0.727. The van der Waals surface area contributed by atoms with Crippen molar-refractivity contribution >= 4 is 11.6 Å². The van der Waals surface area contributed by atoms with Gasteiger partial charge in [-0.15, -0.1) is 0 Å². The third-order valence-electron chi connectivity index (χ3n) is 3.11. The number of ether oxygens (including phenoxy) is 1. The van der Waals surface area contributed by atoms with Gasteiger partial charge in [0.2, 0.25) is 0 Å². The van der Waals surface area contributed by atoms with Crippen LogP contribution in [-0.4, -0.2) is 16.4 Å². The van der Waals surface area contributed by atoms with E-state index in [-0.39, 0.29) is 0 Å². The summed E-state index contributed by atoms with van der Waals surface area (Å²) in [5.74, 6) is 0.532. The highest BCUT2D eigenvalue weighted by molar-refractivity contribution is 6.30. The molecule has 2 rings (SSSR count). The highest BCUT2D eigenvalue weighted by atomic mass is 35.5. The number of hydrogen-bond donors (Lipinski definition) is 0. The van der Waals surface area contributed by atoms with Crippen molar-refractivity contribution in [2.24, 2.45) is 5.92 Å². The molecule has 3 nitrogen and oxygen atoms in total. The van der Waals surface area contributed by atoms with E-state index in [1.165, 1.54) is 0 Å². The van der Waals surface area contributed by atoms with Crippen LogP contribution in [0.15, 0.2) is 0 Å². The quantitative estimate of drug-likeness (QED) is 0.779. The Morgan fingerprint density at radius 2 is 2.13 bits per heavy atom. The van der Waals surface area contributed by atoms with E-state index in [4.69, 9.17) is 16.3 Å². The van der Waals surface area contributed by atoms with Crippen molar-refractivity contribution in [2.75, 3.05) is 6.61 Å². The molecular weight excluding hydrogens is 212 g/mol. The molecule has 0 amide bonds. The van der Waals surface area contributed by atoms with Crippen LogP contribution >= 0.6 is 11.6 Å². The maximum atomic E-state index is 6.30. The number of nitrogens with zero attached hydrogens (tertiary/aromatic N) is 2. The molecule has 0 aromatic carbocycles. The van der Waals surface area contributed by atoms with Gasteiger partial charge in [0.1, 0.15) is 5.15 Å².